The minimum Gasteiger partial charge on any atom is -0.481 e. The summed E-state index contributed by atoms with van der Waals surface area (Å²) in [5, 5.41) is 14.5. The zero-order chi connectivity index (χ0) is 13.7. The molecule has 0 spiro atoms. The van der Waals surface area contributed by atoms with Gasteiger partial charge in [0, 0.05) is 6.04 Å². The van der Waals surface area contributed by atoms with Gasteiger partial charge in [0.2, 0.25) is 0 Å². The van der Waals surface area contributed by atoms with Crippen LogP contribution in [0.15, 0.2) is 22.8 Å². The molecule has 104 valence electrons. The van der Waals surface area contributed by atoms with E-state index < -0.39 is 11.9 Å². The van der Waals surface area contributed by atoms with E-state index in [1.807, 2.05) is 0 Å². The highest BCUT2D eigenvalue weighted by Crippen LogP contribution is 2.24. The van der Waals surface area contributed by atoms with Crippen LogP contribution in [0, 0.1) is 5.92 Å². The van der Waals surface area contributed by atoms with Crippen LogP contribution >= 0.6 is 0 Å². The van der Waals surface area contributed by atoms with Crippen molar-refractivity contribution < 1.29 is 19.1 Å². The van der Waals surface area contributed by atoms with Crippen LogP contribution in [-0.2, 0) is 11.3 Å². The summed E-state index contributed by atoms with van der Waals surface area (Å²) in [4.78, 5) is 22.8. The van der Waals surface area contributed by atoms with E-state index in [4.69, 9.17) is 9.52 Å². The molecule has 1 aliphatic rings. The fourth-order valence-electron chi connectivity index (χ4n) is 2.40. The van der Waals surface area contributed by atoms with Crippen molar-refractivity contribution in [3.05, 3.63) is 24.2 Å². The van der Waals surface area contributed by atoms with E-state index in [9.17, 15) is 9.59 Å². The fourth-order valence-corrected chi connectivity index (χ4v) is 2.40. The average molecular weight is 266 g/mol. The third-order valence-corrected chi connectivity index (χ3v) is 3.40. The maximum Gasteiger partial charge on any atom is 0.315 e. The predicted molar refractivity (Wildman–Crippen MR) is 67.5 cm³/mol. The van der Waals surface area contributed by atoms with Gasteiger partial charge in [-0.25, -0.2) is 4.79 Å². The highest BCUT2D eigenvalue weighted by atomic mass is 16.4. The molecule has 1 heterocycles. The van der Waals surface area contributed by atoms with E-state index in [1.54, 1.807) is 12.1 Å². The number of carboxylic acid groups (broad SMARTS) is 1. The third-order valence-electron chi connectivity index (χ3n) is 3.40. The Hall–Kier alpha value is -1.98. The van der Waals surface area contributed by atoms with E-state index in [2.05, 4.69) is 10.6 Å². The lowest BCUT2D eigenvalue weighted by molar-refractivity contribution is -0.143. The number of carbonyl (C=O) groups is 2. The first-order chi connectivity index (χ1) is 9.16. The number of nitrogens with one attached hydrogen (secondary N) is 2. The molecule has 1 aliphatic carbocycles. The Morgan fingerprint density at radius 1 is 1.37 bits per heavy atom. The number of hydrogen-bond acceptors (Lipinski definition) is 3. The summed E-state index contributed by atoms with van der Waals surface area (Å²) in [7, 11) is 0. The SMILES string of the molecule is O=C(NCc1ccco1)NC1CCCCC1C(=O)O. The van der Waals surface area contributed by atoms with Crippen molar-refractivity contribution >= 4 is 12.0 Å². The van der Waals surface area contributed by atoms with E-state index in [0.717, 1.165) is 12.8 Å². The quantitative estimate of drug-likeness (QED) is 0.773. The van der Waals surface area contributed by atoms with Crippen molar-refractivity contribution in [2.75, 3.05) is 0 Å². The standard InChI is InChI=1S/C13H18N2O4/c16-12(17)10-5-1-2-6-11(10)15-13(18)14-8-9-4-3-7-19-9/h3-4,7,10-11H,1-2,5-6,8H2,(H,16,17)(H2,14,15,18). The van der Waals surface area contributed by atoms with E-state index >= 15 is 0 Å². The Bertz CT molecular complexity index is 430. The lowest BCUT2D eigenvalue weighted by Gasteiger charge is -2.29. The number of aliphatic carboxylic acids is 1. The molecule has 0 saturated heterocycles. The van der Waals surface area contributed by atoms with E-state index in [-0.39, 0.29) is 12.1 Å². The first-order valence-electron chi connectivity index (χ1n) is 6.46. The summed E-state index contributed by atoms with van der Waals surface area (Å²) < 4.78 is 5.10. The van der Waals surface area contributed by atoms with Gasteiger partial charge in [0.15, 0.2) is 0 Å². The molecule has 1 fully saturated rings. The molecular weight excluding hydrogens is 248 g/mol. The second-order valence-corrected chi connectivity index (χ2v) is 4.74. The predicted octanol–water partition coefficient (Wildman–Crippen LogP) is 1.72. The molecule has 2 amide bonds. The van der Waals surface area contributed by atoms with Gasteiger partial charge in [-0.05, 0) is 25.0 Å². The topological polar surface area (TPSA) is 91.6 Å². The summed E-state index contributed by atoms with van der Waals surface area (Å²) in [6, 6.07) is 2.87. The second kappa shape index (κ2) is 6.26. The normalized spacial score (nSPS) is 22.7. The molecule has 6 heteroatoms. The summed E-state index contributed by atoms with van der Waals surface area (Å²) >= 11 is 0. The van der Waals surface area contributed by atoms with Gasteiger partial charge in [-0.3, -0.25) is 4.79 Å². The number of furan rings is 1. The summed E-state index contributed by atoms with van der Waals surface area (Å²) in [5.74, 6) is -0.660. The van der Waals surface area contributed by atoms with Crippen molar-refractivity contribution in [2.24, 2.45) is 5.92 Å². The molecule has 2 rings (SSSR count). The largest absolute Gasteiger partial charge is 0.481 e. The molecule has 1 aromatic heterocycles. The van der Waals surface area contributed by atoms with Gasteiger partial charge in [-0.15, -0.1) is 0 Å². The molecule has 3 N–H and O–H groups in total. The number of amides is 2. The second-order valence-electron chi connectivity index (χ2n) is 4.74. The van der Waals surface area contributed by atoms with Crippen molar-refractivity contribution in [2.45, 2.75) is 38.3 Å². The third kappa shape index (κ3) is 3.74. The Morgan fingerprint density at radius 3 is 2.84 bits per heavy atom. The van der Waals surface area contributed by atoms with Crippen LogP contribution in [0.25, 0.3) is 0 Å². The number of carbonyl (C=O) groups excluding carboxylic acids is 1. The van der Waals surface area contributed by atoms with Crippen molar-refractivity contribution in [3.8, 4) is 0 Å². The molecule has 2 atom stereocenters. The van der Waals surface area contributed by atoms with Gasteiger partial charge in [0.05, 0.1) is 18.7 Å². The zero-order valence-electron chi connectivity index (χ0n) is 10.6. The summed E-state index contributed by atoms with van der Waals surface area (Å²) in [6.07, 6.45) is 4.73. The molecule has 19 heavy (non-hydrogen) atoms. The van der Waals surface area contributed by atoms with Crippen molar-refractivity contribution in [1.82, 2.24) is 10.6 Å². The van der Waals surface area contributed by atoms with Crippen molar-refractivity contribution in [1.29, 1.82) is 0 Å². The monoisotopic (exact) mass is 266 g/mol. The van der Waals surface area contributed by atoms with Crippen LogP contribution in [0.4, 0.5) is 4.79 Å². The van der Waals surface area contributed by atoms with Gasteiger partial charge in [-0.2, -0.15) is 0 Å². The van der Waals surface area contributed by atoms with Gasteiger partial charge < -0.3 is 20.2 Å². The lowest BCUT2D eigenvalue weighted by atomic mass is 9.84. The number of hydrogen-bond donors (Lipinski definition) is 3. The maximum atomic E-state index is 11.7. The van der Waals surface area contributed by atoms with Crippen LogP contribution in [0.2, 0.25) is 0 Å². The highest BCUT2D eigenvalue weighted by molar-refractivity contribution is 5.76. The highest BCUT2D eigenvalue weighted by Gasteiger charge is 2.31. The number of urea groups is 1. The lowest BCUT2D eigenvalue weighted by Crippen LogP contribution is -2.48. The van der Waals surface area contributed by atoms with Crippen LogP contribution in [0.3, 0.4) is 0 Å². The van der Waals surface area contributed by atoms with Crippen LogP contribution in [-0.4, -0.2) is 23.1 Å². The van der Waals surface area contributed by atoms with Crippen LogP contribution < -0.4 is 10.6 Å². The smallest absolute Gasteiger partial charge is 0.315 e. The molecule has 1 aromatic rings. The van der Waals surface area contributed by atoms with E-state index in [0.29, 0.717) is 25.1 Å². The molecular formula is C13H18N2O4. The zero-order valence-corrected chi connectivity index (χ0v) is 10.6. The van der Waals surface area contributed by atoms with Gasteiger partial charge >= 0.3 is 12.0 Å². The first-order valence-corrected chi connectivity index (χ1v) is 6.46. The molecule has 0 aromatic carbocycles. The Labute approximate surface area is 111 Å². The minimum atomic E-state index is -0.837. The van der Waals surface area contributed by atoms with Crippen LogP contribution in [0.1, 0.15) is 31.4 Å². The van der Waals surface area contributed by atoms with Gasteiger partial charge in [-0.1, -0.05) is 12.8 Å². The first kappa shape index (κ1) is 13.5. The Balaban J connectivity index is 1.81. The molecule has 6 nitrogen and oxygen atoms in total. The number of rotatable bonds is 4. The van der Waals surface area contributed by atoms with Gasteiger partial charge in [0.25, 0.3) is 0 Å². The average Bonchev–Trinajstić information content (AvgIpc) is 2.90. The number of carboxylic acids is 1. The Morgan fingerprint density at radius 2 is 2.16 bits per heavy atom. The van der Waals surface area contributed by atoms with Crippen molar-refractivity contribution in [3.63, 3.8) is 0 Å². The Kier molecular flexibility index (Phi) is 4.43. The van der Waals surface area contributed by atoms with Gasteiger partial charge in [0.1, 0.15) is 5.76 Å². The minimum absolute atomic E-state index is 0.289. The molecule has 0 radical (unpaired) electrons. The summed E-state index contributed by atoms with van der Waals surface area (Å²) in [6.45, 7) is 0.295. The summed E-state index contributed by atoms with van der Waals surface area (Å²) in [5.41, 5.74) is 0. The molecule has 0 aliphatic heterocycles. The molecule has 2 unspecified atom stereocenters. The fraction of sp³-hybridized carbons (Fsp3) is 0.538. The molecule has 0 bridgehead atoms. The maximum absolute atomic E-state index is 11.7. The van der Waals surface area contributed by atoms with Crippen LogP contribution in [0.5, 0.6) is 0 Å². The molecule has 1 saturated carbocycles. The van der Waals surface area contributed by atoms with E-state index in [1.165, 1.54) is 6.26 Å².